The third-order valence-electron chi connectivity index (χ3n) is 4.01. The Morgan fingerprint density at radius 3 is 2.76 bits per heavy atom. The van der Waals surface area contributed by atoms with Gasteiger partial charge in [-0.25, -0.2) is 0 Å². The molecule has 0 saturated heterocycles. The third-order valence-corrected chi connectivity index (χ3v) is 5.07. The van der Waals surface area contributed by atoms with Crippen molar-refractivity contribution in [2.45, 2.75) is 0 Å². The number of hydrogen-bond donors (Lipinski definition) is 1. The molecule has 1 amide bonds. The summed E-state index contributed by atoms with van der Waals surface area (Å²) in [4.78, 5) is 16.7. The van der Waals surface area contributed by atoms with E-state index in [2.05, 4.69) is 35.8 Å². The van der Waals surface area contributed by atoms with E-state index >= 15 is 0 Å². The number of benzene rings is 1. The summed E-state index contributed by atoms with van der Waals surface area (Å²) in [6, 6.07) is 10.4. The molecule has 1 aromatic carbocycles. The largest absolute Gasteiger partial charge is 0.486 e. The van der Waals surface area contributed by atoms with Gasteiger partial charge in [-0.2, -0.15) is 9.36 Å². The lowest BCUT2D eigenvalue weighted by atomic mass is 10.1. The van der Waals surface area contributed by atoms with Crippen molar-refractivity contribution in [2.24, 2.45) is 0 Å². The number of ether oxygens (including phenoxy) is 2. The number of fused-ring (bicyclic) bond motifs is 1. The highest BCUT2D eigenvalue weighted by Crippen LogP contribution is 2.34. The van der Waals surface area contributed by atoms with Gasteiger partial charge in [-0.1, -0.05) is 5.16 Å². The van der Waals surface area contributed by atoms with Crippen LogP contribution >= 0.6 is 27.5 Å². The Morgan fingerprint density at radius 1 is 1.07 bits per heavy atom. The summed E-state index contributed by atoms with van der Waals surface area (Å²) in [6.45, 7) is 1.00. The van der Waals surface area contributed by atoms with Crippen molar-refractivity contribution in [2.75, 3.05) is 18.5 Å². The van der Waals surface area contributed by atoms with Crippen molar-refractivity contribution in [3.63, 3.8) is 0 Å². The molecule has 0 aliphatic carbocycles. The highest BCUT2D eigenvalue weighted by atomic mass is 79.9. The van der Waals surface area contributed by atoms with Crippen molar-refractivity contribution in [1.29, 1.82) is 0 Å². The number of carbonyl (C=O) groups is 1. The molecule has 146 valence electrons. The molecule has 4 heterocycles. The van der Waals surface area contributed by atoms with E-state index in [0.717, 1.165) is 17.1 Å². The average Bonchev–Trinajstić information content (AvgIpc) is 3.48. The van der Waals surface area contributed by atoms with Crippen molar-refractivity contribution in [1.82, 2.24) is 14.5 Å². The highest BCUT2D eigenvalue weighted by Gasteiger charge is 2.19. The lowest BCUT2D eigenvalue weighted by molar-refractivity contribution is 0.101. The summed E-state index contributed by atoms with van der Waals surface area (Å²) < 4.78 is 26.5. The Labute approximate surface area is 175 Å². The van der Waals surface area contributed by atoms with Crippen molar-refractivity contribution in [3.05, 3.63) is 46.8 Å². The second-order valence-electron chi connectivity index (χ2n) is 5.92. The zero-order valence-corrected chi connectivity index (χ0v) is 16.9. The minimum Gasteiger partial charge on any atom is -0.486 e. The first kappa shape index (κ1) is 17.9. The molecule has 0 radical (unpaired) electrons. The van der Waals surface area contributed by atoms with Gasteiger partial charge in [0.25, 0.3) is 5.91 Å². The van der Waals surface area contributed by atoms with E-state index in [0.29, 0.717) is 51.9 Å². The van der Waals surface area contributed by atoms with E-state index in [9.17, 15) is 4.79 Å². The van der Waals surface area contributed by atoms with Crippen molar-refractivity contribution < 1.29 is 23.2 Å². The number of aromatic nitrogens is 3. The average molecular weight is 475 g/mol. The normalized spacial score (nSPS) is 12.7. The Balaban J connectivity index is 1.32. The van der Waals surface area contributed by atoms with E-state index in [1.165, 1.54) is 0 Å². The number of halogens is 1. The molecule has 29 heavy (non-hydrogen) atoms. The molecule has 0 atom stereocenters. The summed E-state index contributed by atoms with van der Waals surface area (Å²) in [5.74, 6) is 2.16. The van der Waals surface area contributed by atoms with Crippen LogP contribution < -0.4 is 14.8 Å². The molecule has 1 aliphatic heterocycles. The van der Waals surface area contributed by atoms with E-state index in [-0.39, 0.29) is 5.69 Å². The van der Waals surface area contributed by atoms with Crippen LogP contribution in [-0.4, -0.2) is 33.6 Å². The molecule has 0 saturated carbocycles. The molecule has 9 nitrogen and oxygen atoms in total. The predicted octanol–water partition coefficient (Wildman–Crippen LogP) is 4.24. The lowest BCUT2D eigenvalue weighted by Crippen LogP contribution is -2.15. The maximum Gasteiger partial charge on any atom is 0.279 e. The number of amides is 1. The molecule has 0 spiro atoms. The van der Waals surface area contributed by atoms with Crippen LogP contribution in [0.1, 0.15) is 10.5 Å². The Bertz CT molecular complexity index is 1200. The predicted molar refractivity (Wildman–Crippen MR) is 106 cm³/mol. The molecule has 5 rings (SSSR count). The van der Waals surface area contributed by atoms with Gasteiger partial charge in [0.15, 0.2) is 33.4 Å². The van der Waals surface area contributed by atoms with Crippen molar-refractivity contribution >= 4 is 38.5 Å². The van der Waals surface area contributed by atoms with Crippen LogP contribution in [-0.2, 0) is 0 Å². The van der Waals surface area contributed by atoms with Gasteiger partial charge in [0.05, 0.1) is 0 Å². The van der Waals surface area contributed by atoms with Crippen molar-refractivity contribution in [3.8, 4) is 34.4 Å². The smallest absolute Gasteiger partial charge is 0.279 e. The molecule has 1 N–H and O–H groups in total. The molecule has 3 aromatic heterocycles. The van der Waals surface area contributed by atoms with Gasteiger partial charge in [0.2, 0.25) is 11.0 Å². The van der Waals surface area contributed by atoms with Gasteiger partial charge >= 0.3 is 0 Å². The maximum absolute atomic E-state index is 12.5. The minimum absolute atomic E-state index is 0.118. The van der Waals surface area contributed by atoms with Gasteiger partial charge < -0.3 is 18.4 Å². The highest BCUT2D eigenvalue weighted by molar-refractivity contribution is 9.10. The van der Waals surface area contributed by atoms with Crippen LogP contribution in [0.3, 0.4) is 0 Å². The monoisotopic (exact) mass is 474 g/mol. The number of furan rings is 1. The van der Waals surface area contributed by atoms with E-state index < -0.39 is 5.91 Å². The fourth-order valence-corrected chi connectivity index (χ4v) is 3.56. The van der Waals surface area contributed by atoms with Crippen LogP contribution in [0.2, 0.25) is 0 Å². The quantitative estimate of drug-likeness (QED) is 0.467. The van der Waals surface area contributed by atoms with Gasteiger partial charge in [-0.15, -0.1) is 0 Å². The van der Waals surface area contributed by atoms with Gasteiger partial charge in [-0.3, -0.25) is 10.1 Å². The fraction of sp³-hybridized carbons (Fsp3) is 0.111. The fourth-order valence-electron chi connectivity index (χ4n) is 2.68. The molecule has 1 aliphatic rings. The number of nitrogens with one attached hydrogen (secondary N) is 1. The summed E-state index contributed by atoms with van der Waals surface area (Å²) in [7, 11) is 0. The summed E-state index contributed by atoms with van der Waals surface area (Å²) in [6.07, 6.45) is 0. The maximum atomic E-state index is 12.5. The summed E-state index contributed by atoms with van der Waals surface area (Å²) in [5, 5.41) is 6.82. The van der Waals surface area contributed by atoms with E-state index in [1.54, 1.807) is 30.3 Å². The number of anilines is 1. The SMILES string of the molecule is O=C(Nc1nc(-c2ccc(Br)o2)ns1)c1cc(-c2ccc3c(c2)OCCO3)on1. The second kappa shape index (κ2) is 7.33. The number of rotatable bonds is 4. The molecule has 0 fully saturated rings. The summed E-state index contributed by atoms with van der Waals surface area (Å²) >= 11 is 4.26. The zero-order valence-electron chi connectivity index (χ0n) is 14.5. The first-order valence-electron chi connectivity index (χ1n) is 8.43. The number of nitrogens with zero attached hydrogens (tertiary/aromatic N) is 3. The number of carbonyl (C=O) groups excluding carboxylic acids is 1. The first-order chi connectivity index (χ1) is 14.2. The molecule has 0 unspecified atom stereocenters. The Hall–Kier alpha value is -3.18. The van der Waals surface area contributed by atoms with Crippen LogP contribution in [0, 0.1) is 0 Å². The van der Waals surface area contributed by atoms with Crippen LogP contribution in [0.5, 0.6) is 11.5 Å². The Kier molecular flexibility index (Phi) is 4.52. The van der Waals surface area contributed by atoms with Crippen LogP contribution in [0.25, 0.3) is 22.9 Å². The molecular formula is C18H11BrN4O5S. The van der Waals surface area contributed by atoms with Gasteiger partial charge in [0, 0.05) is 23.2 Å². The van der Waals surface area contributed by atoms with Crippen LogP contribution in [0.4, 0.5) is 5.13 Å². The Morgan fingerprint density at radius 2 is 1.93 bits per heavy atom. The third kappa shape index (κ3) is 3.61. The molecular weight excluding hydrogens is 464 g/mol. The molecule has 4 aromatic rings. The topological polar surface area (TPSA) is 113 Å². The van der Waals surface area contributed by atoms with Gasteiger partial charge in [-0.05, 0) is 46.3 Å². The number of hydrogen-bond acceptors (Lipinski definition) is 9. The molecule has 11 heteroatoms. The lowest BCUT2D eigenvalue weighted by Gasteiger charge is -2.18. The summed E-state index contributed by atoms with van der Waals surface area (Å²) in [5.41, 5.74) is 0.842. The minimum atomic E-state index is -0.458. The zero-order chi connectivity index (χ0) is 19.8. The van der Waals surface area contributed by atoms with Crippen LogP contribution in [0.15, 0.2) is 50.0 Å². The van der Waals surface area contributed by atoms with Gasteiger partial charge in [0.1, 0.15) is 13.2 Å². The van der Waals surface area contributed by atoms with E-state index in [4.69, 9.17) is 18.4 Å². The second-order valence-corrected chi connectivity index (χ2v) is 7.45. The standard InChI is InChI=1S/C18H11BrN4O5S/c19-15-4-3-12(27-15)16-20-18(29-23-16)21-17(24)10-8-13(28-22-10)9-1-2-11-14(7-9)26-6-5-25-11/h1-4,7-8H,5-6H2,(H,20,21,23,24). The van der Waals surface area contributed by atoms with E-state index in [1.807, 2.05) is 6.07 Å². The molecule has 0 bridgehead atoms. The first-order valence-corrected chi connectivity index (χ1v) is 10.00.